The van der Waals surface area contributed by atoms with Gasteiger partial charge < -0.3 is 0 Å². The van der Waals surface area contributed by atoms with Crippen LogP contribution in [0.4, 0.5) is 0 Å². The third-order valence-electron chi connectivity index (χ3n) is 3.30. The minimum absolute atomic E-state index is 0.445. The number of rotatable bonds is 1. The Balaban J connectivity index is 1.83. The second-order valence-electron chi connectivity index (χ2n) is 4.39. The summed E-state index contributed by atoms with van der Waals surface area (Å²) < 4.78 is 0. The Morgan fingerprint density at radius 2 is 2.00 bits per heavy atom. The molecular formula is C11H15NO. The van der Waals surface area contributed by atoms with Crippen LogP contribution in [-0.4, -0.2) is 30.3 Å². The minimum Gasteiger partial charge on any atom is -0.300 e. The summed E-state index contributed by atoms with van der Waals surface area (Å²) in [6, 6.07) is 0. The van der Waals surface area contributed by atoms with Crippen molar-refractivity contribution in [1.82, 2.24) is 4.90 Å². The van der Waals surface area contributed by atoms with E-state index in [1.807, 2.05) is 0 Å². The van der Waals surface area contributed by atoms with E-state index in [1.165, 1.54) is 0 Å². The summed E-state index contributed by atoms with van der Waals surface area (Å²) in [5.41, 5.74) is 0.463. The van der Waals surface area contributed by atoms with E-state index in [1.54, 1.807) is 0 Å². The molecule has 2 fully saturated rings. The predicted octanol–water partition coefficient (Wildman–Crippen LogP) is 1.06. The summed E-state index contributed by atoms with van der Waals surface area (Å²) in [7, 11) is 0. The van der Waals surface area contributed by atoms with Crippen LogP contribution in [0.15, 0.2) is 0 Å². The molecule has 2 rings (SSSR count). The van der Waals surface area contributed by atoms with Gasteiger partial charge in [0.1, 0.15) is 5.78 Å². The number of carbonyl (C=O) groups is 1. The molecular weight excluding hydrogens is 162 g/mol. The fourth-order valence-corrected chi connectivity index (χ4v) is 2.52. The van der Waals surface area contributed by atoms with Crippen molar-refractivity contribution in [1.29, 1.82) is 0 Å². The van der Waals surface area contributed by atoms with Gasteiger partial charge >= 0.3 is 0 Å². The van der Waals surface area contributed by atoms with Crippen molar-refractivity contribution in [2.24, 2.45) is 5.41 Å². The van der Waals surface area contributed by atoms with Crippen molar-refractivity contribution in [2.75, 3.05) is 19.6 Å². The van der Waals surface area contributed by atoms with Gasteiger partial charge in [0.05, 0.1) is 6.54 Å². The van der Waals surface area contributed by atoms with Gasteiger partial charge in [-0.1, -0.05) is 5.92 Å². The van der Waals surface area contributed by atoms with E-state index in [4.69, 9.17) is 6.42 Å². The third-order valence-corrected chi connectivity index (χ3v) is 3.30. The minimum atomic E-state index is 0.445. The molecule has 0 N–H and O–H groups in total. The van der Waals surface area contributed by atoms with Crippen LogP contribution in [0, 0.1) is 17.8 Å². The van der Waals surface area contributed by atoms with Crippen molar-refractivity contribution in [3.05, 3.63) is 0 Å². The Morgan fingerprint density at radius 3 is 2.54 bits per heavy atom. The average molecular weight is 177 g/mol. The van der Waals surface area contributed by atoms with E-state index in [-0.39, 0.29) is 0 Å². The second-order valence-corrected chi connectivity index (χ2v) is 4.39. The average Bonchev–Trinajstić information content (AvgIpc) is 2.07. The van der Waals surface area contributed by atoms with Gasteiger partial charge in [-0.05, 0) is 18.3 Å². The molecule has 0 atom stereocenters. The second kappa shape index (κ2) is 3.16. The van der Waals surface area contributed by atoms with Crippen molar-refractivity contribution >= 4 is 5.78 Å². The number of hydrogen-bond acceptors (Lipinski definition) is 2. The summed E-state index contributed by atoms with van der Waals surface area (Å²) in [5.74, 6) is 3.10. The molecule has 1 aliphatic heterocycles. The maximum atomic E-state index is 11.1. The summed E-state index contributed by atoms with van der Waals surface area (Å²) in [6.45, 7) is 3.00. The lowest BCUT2D eigenvalue weighted by Gasteiger charge is -2.51. The third kappa shape index (κ3) is 1.62. The fourth-order valence-electron chi connectivity index (χ4n) is 2.52. The van der Waals surface area contributed by atoms with E-state index in [0.29, 0.717) is 11.2 Å². The first-order valence-corrected chi connectivity index (χ1v) is 4.92. The standard InChI is InChI=1S/C11H15NO/c1-2-7-12-8-11(9-12)5-3-10(13)4-6-11/h1H,3-9H2. The van der Waals surface area contributed by atoms with Crippen LogP contribution in [0.1, 0.15) is 25.7 Å². The van der Waals surface area contributed by atoms with Crippen LogP contribution in [0.3, 0.4) is 0 Å². The number of hydrogen-bond donors (Lipinski definition) is 0. The van der Waals surface area contributed by atoms with Crippen LogP contribution < -0.4 is 0 Å². The zero-order valence-electron chi connectivity index (χ0n) is 7.88. The van der Waals surface area contributed by atoms with Gasteiger partial charge in [0.15, 0.2) is 0 Å². The number of terminal acetylenes is 1. The maximum absolute atomic E-state index is 11.1. The number of nitrogens with zero attached hydrogens (tertiary/aromatic N) is 1. The van der Waals surface area contributed by atoms with Crippen LogP contribution in [-0.2, 0) is 4.79 Å². The lowest BCUT2D eigenvalue weighted by Crippen LogP contribution is -2.57. The highest BCUT2D eigenvalue weighted by molar-refractivity contribution is 5.79. The van der Waals surface area contributed by atoms with Gasteiger partial charge in [-0.3, -0.25) is 9.69 Å². The molecule has 0 amide bonds. The normalized spacial score (nSPS) is 26.8. The zero-order valence-corrected chi connectivity index (χ0v) is 7.88. The molecule has 0 radical (unpaired) electrons. The Kier molecular flexibility index (Phi) is 2.13. The van der Waals surface area contributed by atoms with Gasteiger partial charge in [0.2, 0.25) is 0 Å². The van der Waals surface area contributed by atoms with E-state index >= 15 is 0 Å². The van der Waals surface area contributed by atoms with E-state index < -0.39 is 0 Å². The molecule has 0 bridgehead atoms. The van der Waals surface area contributed by atoms with E-state index in [9.17, 15) is 4.79 Å². The quantitative estimate of drug-likeness (QED) is 0.558. The molecule has 1 aliphatic carbocycles. The molecule has 1 saturated carbocycles. The lowest BCUT2D eigenvalue weighted by atomic mass is 9.68. The Morgan fingerprint density at radius 1 is 1.38 bits per heavy atom. The molecule has 2 aliphatic rings. The first-order chi connectivity index (χ1) is 6.24. The molecule has 70 valence electrons. The molecule has 2 nitrogen and oxygen atoms in total. The van der Waals surface area contributed by atoms with Gasteiger partial charge in [-0.2, -0.15) is 0 Å². The highest BCUT2D eigenvalue weighted by atomic mass is 16.1. The molecule has 2 heteroatoms. The highest BCUT2D eigenvalue weighted by Crippen LogP contribution is 2.42. The lowest BCUT2D eigenvalue weighted by molar-refractivity contribution is -0.125. The highest BCUT2D eigenvalue weighted by Gasteiger charge is 2.44. The van der Waals surface area contributed by atoms with Crippen molar-refractivity contribution in [2.45, 2.75) is 25.7 Å². The Hall–Kier alpha value is -0.810. The van der Waals surface area contributed by atoms with Crippen molar-refractivity contribution in [3.8, 4) is 12.3 Å². The molecule has 0 unspecified atom stereocenters. The predicted molar refractivity (Wildman–Crippen MR) is 51.2 cm³/mol. The molecule has 0 aromatic heterocycles. The summed E-state index contributed by atoms with van der Waals surface area (Å²) >= 11 is 0. The van der Waals surface area contributed by atoms with E-state index in [2.05, 4.69) is 10.8 Å². The molecule has 13 heavy (non-hydrogen) atoms. The number of carbonyl (C=O) groups excluding carboxylic acids is 1. The van der Waals surface area contributed by atoms with Crippen LogP contribution in [0.25, 0.3) is 0 Å². The smallest absolute Gasteiger partial charge is 0.132 e. The van der Waals surface area contributed by atoms with Crippen LogP contribution >= 0.6 is 0 Å². The Labute approximate surface area is 79.3 Å². The van der Waals surface area contributed by atoms with Crippen LogP contribution in [0.2, 0.25) is 0 Å². The Bertz CT molecular complexity index is 246. The van der Waals surface area contributed by atoms with Gasteiger partial charge in [0, 0.05) is 25.9 Å². The maximum Gasteiger partial charge on any atom is 0.132 e. The van der Waals surface area contributed by atoms with Gasteiger partial charge in [0.25, 0.3) is 0 Å². The first-order valence-electron chi connectivity index (χ1n) is 4.92. The fraction of sp³-hybridized carbons (Fsp3) is 0.727. The topological polar surface area (TPSA) is 20.3 Å². The molecule has 1 heterocycles. The zero-order chi connectivity index (χ0) is 9.31. The number of ketones is 1. The first kappa shape index (κ1) is 8.77. The largest absolute Gasteiger partial charge is 0.300 e. The van der Waals surface area contributed by atoms with Crippen LogP contribution in [0.5, 0.6) is 0 Å². The number of Topliss-reactive ketones (excluding diaryl/α,β-unsaturated/α-hetero) is 1. The molecule has 0 aromatic rings. The van der Waals surface area contributed by atoms with Crippen molar-refractivity contribution in [3.63, 3.8) is 0 Å². The monoisotopic (exact) mass is 177 g/mol. The van der Waals surface area contributed by atoms with E-state index in [0.717, 1.165) is 45.3 Å². The molecule has 1 saturated heterocycles. The summed E-state index contributed by atoms with van der Waals surface area (Å²) in [4.78, 5) is 13.3. The van der Waals surface area contributed by atoms with Gasteiger partial charge in [-0.15, -0.1) is 6.42 Å². The SMILES string of the molecule is C#CCN1CC2(CCC(=O)CC2)C1. The summed E-state index contributed by atoms with van der Waals surface area (Å²) in [6.07, 6.45) is 9.00. The van der Waals surface area contributed by atoms with Crippen molar-refractivity contribution < 1.29 is 4.79 Å². The summed E-state index contributed by atoms with van der Waals surface area (Å²) in [5, 5.41) is 0. The number of likely N-dealkylation sites (tertiary alicyclic amines) is 1. The molecule has 0 aromatic carbocycles. The van der Waals surface area contributed by atoms with Gasteiger partial charge in [-0.25, -0.2) is 0 Å². The molecule has 1 spiro atoms.